The molecule has 1 aliphatic rings. The zero-order chi connectivity index (χ0) is 27.0. The molecule has 1 saturated carbocycles. The maximum Gasteiger partial charge on any atom is 0.251 e. The first-order valence-electron chi connectivity index (χ1n) is 13.2. The van der Waals surface area contributed by atoms with Crippen molar-refractivity contribution in [2.75, 3.05) is 17.1 Å². The van der Waals surface area contributed by atoms with Crippen molar-refractivity contribution >= 4 is 27.3 Å². The number of para-hydroxylation sites is 1. The summed E-state index contributed by atoms with van der Waals surface area (Å²) in [6, 6.07) is 24.9. The van der Waals surface area contributed by atoms with Crippen LogP contribution in [0.4, 0.5) is 11.4 Å². The molecule has 3 N–H and O–H groups in total. The first-order valence-corrected chi connectivity index (χ1v) is 15.1. The summed E-state index contributed by atoms with van der Waals surface area (Å²) in [7, 11) is -3.66. The van der Waals surface area contributed by atoms with Gasteiger partial charge >= 0.3 is 0 Å². The lowest BCUT2D eigenvalue weighted by Crippen LogP contribution is -2.50. The van der Waals surface area contributed by atoms with Gasteiger partial charge in [0.05, 0.1) is 29.8 Å². The number of anilines is 2. The maximum atomic E-state index is 13.4. The van der Waals surface area contributed by atoms with Gasteiger partial charge < -0.3 is 15.7 Å². The predicted octanol–water partition coefficient (Wildman–Crippen LogP) is 4.41. The number of carbonyl (C=O) groups is 1. The van der Waals surface area contributed by atoms with E-state index in [2.05, 4.69) is 10.6 Å². The van der Waals surface area contributed by atoms with Gasteiger partial charge in [-0.2, -0.15) is 0 Å². The number of hydrogen-bond donors (Lipinski definition) is 3. The average molecular weight is 536 g/mol. The van der Waals surface area contributed by atoms with Crippen molar-refractivity contribution < 1.29 is 18.3 Å². The second kappa shape index (κ2) is 13.0. The van der Waals surface area contributed by atoms with Gasteiger partial charge in [0, 0.05) is 18.2 Å². The van der Waals surface area contributed by atoms with Crippen molar-refractivity contribution in [3.63, 3.8) is 0 Å². The molecule has 2 atom stereocenters. The van der Waals surface area contributed by atoms with Crippen LogP contribution in [0.3, 0.4) is 0 Å². The van der Waals surface area contributed by atoms with Gasteiger partial charge in [-0.15, -0.1) is 0 Å². The van der Waals surface area contributed by atoms with Gasteiger partial charge in [-0.1, -0.05) is 73.9 Å². The minimum absolute atomic E-state index is 0.317. The molecule has 1 unspecified atom stereocenters. The van der Waals surface area contributed by atoms with Crippen molar-refractivity contribution in [2.24, 2.45) is 0 Å². The summed E-state index contributed by atoms with van der Waals surface area (Å²) in [6.07, 6.45) is 6.68. The SMILES string of the molecule is CS(=O)(=O)N(c1ccccc1)c1cccc(C(=O)NC(Cc2ccccc2)[C@H](O)CNC2CCCCC2)c1. The number of sulfonamides is 1. The maximum absolute atomic E-state index is 13.4. The number of hydrogen-bond acceptors (Lipinski definition) is 5. The third-order valence-electron chi connectivity index (χ3n) is 6.97. The zero-order valence-electron chi connectivity index (χ0n) is 21.8. The molecule has 0 radical (unpaired) electrons. The van der Waals surface area contributed by atoms with Crippen LogP contribution < -0.4 is 14.9 Å². The highest BCUT2D eigenvalue weighted by Crippen LogP contribution is 2.29. The van der Waals surface area contributed by atoms with E-state index in [1.54, 1.807) is 48.5 Å². The van der Waals surface area contributed by atoms with Gasteiger partial charge in [0.25, 0.3) is 5.91 Å². The fourth-order valence-corrected chi connectivity index (χ4v) is 6.01. The summed E-state index contributed by atoms with van der Waals surface area (Å²) >= 11 is 0. The van der Waals surface area contributed by atoms with E-state index in [-0.39, 0.29) is 5.91 Å². The lowest BCUT2D eigenvalue weighted by atomic mass is 9.95. The minimum atomic E-state index is -3.66. The highest BCUT2D eigenvalue weighted by Gasteiger charge is 2.25. The Bertz CT molecular complexity index is 1280. The van der Waals surface area contributed by atoms with Gasteiger partial charge in [0.1, 0.15) is 0 Å². The summed E-state index contributed by atoms with van der Waals surface area (Å²) in [5.74, 6) is -0.369. The quantitative estimate of drug-likeness (QED) is 0.338. The highest BCUT2D eigenvalue weighted by molar-refractivity contribution is 7.92. The molecular weight excluding hydrogens is 498 g/mol. The van der Waals surface area contributed by atoms with Crippen LogP contribution in [0.2, 0.25) is 0 Å². The second-order valence-corrected chi connectivity index (χ2v) is 11.8. The molecule has 202 valence electrons. The molecule has 7 nitrogen and oxygen atoms in total. The number of nitrogens with zero attached hydrogens (tertiary/aromatic N) is 1. The molecule has 3 aromatic rings. The number of carbonyl (C=O) groups excluding carboxylic acids is 1. The van der Waals surface area contributed by atoms with Crippen LogP contribution in [0.15, 0.2) is 84.9 Å². The number of amides is 1. The van der Waals surface area contributed by atoms with Crippen molar-refractivity contribution in [2.45, 2.75) is 56.7 Å². The molecule has 1 amide bonds. The van der Waals surface area contributed by atoms with Gasteiger partial charge in [-0.05, 0) is 55.2 Å². The van der Waals surface area contributed by atoms with E-state index in [1.807, 2.05) is 36.4 Å². The molecule has 0 aromatic heterocycles. The fourth-order valence-electron chi connectivity index (χ4n) is 5.01. The van der Waals surface area contributed by atoms with E-state index in [1.165, 1.54) is 23.6 Å². The topological polar surface area (TPSA) is 98.7 Å². The van der Waals surface area contributed by atoms with Crippen LogP contribution >= 0.6 is 0 Å². The second-order valence-electron chi connectivity index (χ2n) is 9.99. The molecule has 1 fully saturated rings. The molecule has 0 aliphatic heterocycles. The molecule has 0 bridgehead atoms. The van der Waals surface area contributed by atoms with E-state index >= 15 is 0 Å². The molecule has 4 rings (SSSR count). The number of rotatable bonds is 11. The molecule has 0 spiro atoms. The Kier molecular flexibility index (Phi) is 9.55. The van der Waals surface area contributed by atoms with E-state index in [9.17, 15) is 18.3 Å². The standard InChI is InChI=1S/C30H37N3O4S/c1-38(36,37)33(26-17-9-4-10-18-26)27-19-11-14-24(21-27)30(35)32-28(20-23-12-5-2-6-13-23)29(34)22-31-25-15-7-3-8-16-25/h2,4-6,9-14,17-19,21,25,28-29,31,34H,3,7-8,15-16,20,22H2,1H3,(H,32,35)/t28?,29-/m1/s1. The van der Waals surface area contributed by atoms with E-state index < -0.39 is 22.2 Å². The molecule has 0 heterocycles. The van der Waals surface area contributed by atoms with Crippen LogP contribution in [-0.2, 0) is 16.4 Å². The van der Waals surface area contributed by atoms with Crippen molar-refractivity contribution in [3.05, 3.63) is 96.1 Å². The third-order valence-corrected chi connectivity index (χ3v) is 8.05. The molecule has 38 heavy (non-hydrogen) atoms. The Morgan fingerprint density at radius 3 is 2.21 bits per heavy atom. The van der Waals surface area contributed by atoms with E-state index in [0.29, 0.717) is 35.9 Å². The Morgan fingerprint density at radius 2 is 1.55 bits per heavy atom. The molecule has 3 aromatic carbocycles. The number of aliphatic hydroxyl groups excluding tert-OH is 1. The van der Waals surface area contributed by atoms with Gasteiger partial charge in [0.15, 0.2) is 0 Å². The predicted molar refractivity (Wildman–Crippen MR) is 152 cm³/mol. The summed E-state index contributed by atoms with van der Waals surface area (Å²) in [4.78, 5) is 13.4. The van der Waals surface area contributed by atoms with Gasteiger partial charge in [-0.25, -0.2) is 12.7 Å². The summed E-state index contributed by atoms with van der Waals surface area (Å²) < 4.78 is 26.6. The fraction of sp³-hybridized carbons (Fsp3) is 0.367. The number of aliphatic hydroxyl groups is 1. The first kappa shape index (κ1) is 27.8. The van der Waals surface area contributed by atoms with Gasteiger partial charge in [0.2, 0.25) is 10.0 Å². The number of nitrogens with one attached hydrogen (secondary N) is 2. The average Bonchev–Trinajstić information content (AvgIpc) is 2.92. The normalized spacial score (nSPS) is 15.9. The van der Waals surface area contributed by atoms with Crippen LogP contribution in [0.1, 0.15) is 48.0 Å². The lowest BCUT2D eigenvalue weighted by Gasteiger charge is -2.28. The largest absolute Gasteiger partial charge is 0.390 e. The summed E-state index contributed by atoms with van der Waals surface area (Å²) in [5, 5.41) is 17.6. The zero-order valence-corrected chi connectivity index (χ0v) is 22.6. The summed E-state index contributed by atoms with van der Waals surface area (Å²) in [6.45, 7) is 0.387. The lowest BCUT2D eigenvalue weighted by molar-refractivity contribution is 0.0821. The molecule has 8 heteroatoms. The third kappa shape index (κ3) is 7.66. The highest BCUT2D eigenvalue weighted by atomic mass is 32.2. The van der Waals surface area contributed by atoms with Crippen LogP contribution in [0.25, 0.3) is 0 Å². The van der Waals surface area contributed by atoms with E-state index in [0.717, 1.165) is 24.7 Å². The van der Waals surface area contributed by atoms with Crippen molar-refractivity contribution in [1.29, 1.82) is 0 Å². The Hall–Kier alpha value is -3.20. The minimum Gasteiger partial charge on any atom is -0.390 e. The first-order chi connectivity index (χ1) is 18.3. The Labute approximate surface area is 225 Å². The van der Waals surface area contributed by atoms with Crippen molar-refractivity contribution in [1.82, 2.24) is 10.6 Å². The molecular formula is C30H37N3O4S. The Balaban J connectivity index is 1.53. The molecule has 1 aliphatic carbocycles. The number of benzene rings is 3. The summed E-state index contributed by atoms with van der Waals surface area (Å²) in [5.41, 5.74) is 2.18. The van der Waals surface area contributed by atoms with Crippen molar-refractivity contribution in [3.8, 4) is 0 Å². The molecule has 0 saturated heterocycles. The van der Waals surface area contributed by atoms with Crippen LogP contribution in [0, 0.1) is 0 Å². The Morgan fingerprint density at radius 1 is 0.921 bits per heavy atom. The monoisotopic (exact) mass is 535 g/mol. The van der Waals surface area contributed by atoms with Crippen LogP contribution in [-0.4, -0.2) is 50.4 Å². The van der Waals surface area contributed by atoms with Gasteiger partial charge in [-0.3, -0.25) is 4.79 Å². The van der Waals surface area contributed by atoms with E-state index in [4.69, 9.17) is 0 Å². The van der Waals surface area contributed by atoms with Crippen LogP contribution in [0.5, 0.6) is 0 Å². The smallest absolute Gasteiger partial charge is 0.251 e.